The van der Waals surface area contributed by atoms with Crippen molar-refractivity contribution in [2.24, 2.45) is 5.73 Å². The lowest BCUT2D eigenvalue weighted by molar-refractivity contribution is -0.749. The number of fused-ring (bicyclic) bond motifs is 1. The van der Waals surface area contributed by atoms with Gasteiger partial charge < -0.3 is 5.73 Å². The molecule has 5 heteroatoms. The summed E-state index contributed by atoms with van der Waals surface area (Å²) in [5.41, 5.74) is 14.8. The molecular weight excluding hydrogens is 430 g/mol. The van der Waals surface area contributed by atoms with Crippen LogP contribution in [0.15, 0.2) is 85.3 Å². The number of nitrogens with zero attached hydrogens (tertiary/aromatic N) is 3. The van der Waals surface area contributed by atoms with Crippen LogP contribution in [0.4, 0.5) is 0 Å². The maximum atomic E-state index is 6.56. The summed E-state index contributed by atoms with van der Waals surface area (Å²) in [6, 6.07) is 23.5. The molecule has 0 aliphatic heterocycles. The second-order valence-electron chi connectivity index (χ2n) is 9.65. The minimum absolute atomic E-state index is 0.161. The molecule has 3 heterocycles. The summed E-state index contributed by atoms with van der Waals surface area (Å²) >= 11 is 0. The summed E-state index contributed by atoms with van der Waals surface area (Å²) in [5, 5.41) is 4.37. The van der Waals surface area contributed by atoms with Crippen LogP contribution in [-0.2, 0) is 12.1 Å². The molecule has 5 aromatic rings. The number of H-pyrrole nitrogens is 1. The summed E-state index contributed by atoms with van der Waals surface area (Å²) in [7, 11) is 0. The number of aryl methyl sites for hydroxylation is 1. The van der Waals surface area contributed by atoms with Crippen molar-refractivity contribution in [2.75, 3.05) is 0 Å². The molecule has 1 saturated carbocycles. The zero-order valence-electron chi connectivity index (χ0n) is 20.0. The Morgan fingerprint density at radius 3 is 2.49 bits per heavy atom. The Hall–Kier alpha value is -3.83. The second kappa shape index (κ2) is 8.75. The fourth-order valence-corrected chi connectivity index (χ4v) is 5.00. The highest BCUT2D eigenvalue weighted by atomic mass is 15.3. The Bertz CT molecular complexity index is 1480. The van der Waals surface area contributed by atoms with Gasteiger partial charge in [0.25, 0.3) is 0 Å². The van der Waals surface area contributed by atoms with Crippen LogP contribution in [0.25, 0.3) is 44.5 Å². The van der Waals surface area contributed by atoms with Crippen molar-refractivity contribution in [3.05, 3.63) is 90.9 Å². The van der Waals surface area contributed by atoms with Crippen molar-refractivity contribution in [2.45, 2.75) is 44.7 Å². The van der Waals surface area contributed by atoms with E-state index in [0.29, 0.717) is 0 Å². The molecule has 0 atom stereocenters. The molecule has 1 fully saturated rings. The van der Waals surface area contributed by atoms with Crippen LogP contribution < -0.4 is 10.4 Å². The van der Waals surface area contributed by atoms with Crippen molar-refractivity contribution in [3.8, 4) is 33.6 Å². The van der Waals surface area contributed by atoms with Crippen LogP contribution in [0.5, 0.6) is 0 Å². The molecule has 3 aromatic heterocycles. The van der Waals surface area contributed by atoms with Gasteiger partial charge in [0.1, 0.15) is 0 Å². The molecule has 5 nitrogen and oxygen atoms in total. The summed E-state index contributed by atoms with van der Waals surface area (Å²) in [4.78, 5) is 9.85. The maximum Gasteiger partial charge on any atom is 0.204 e. The van der Waals surface area contributed by atoms with E-state index in [1.807, 2.05) is 18.5 Å². The van der Waals surface area contributed by atoms with Crippen LogP contribution in [0, 0.1) is 0 Å². The second-order valence-corrected chi connectivity index (χ2v) is 9.65. The first-order chi connectivity index (χ1) is 17.1. The van der Waals surface area contributed by atoms with Gasteiger partial charge in [-0.05, 0) is 42.5 Å². The van der Waals surface area contributed by atoms with E-state index in [-0.39, 0.29) is 5.54 Å². The zero-order chi connectivity index (χ0) is 23.8. The number of pyridine rings is 2. The average molecular weight is 461 g/mol. The molecule has 6 rings (SSSR count). The average Bonchev–Trinajstić information content (AvgIpc) is 3.36. The van der Waals surface area contributed by atoms with Crippen LogP contribution >= 0.6 is 0 Å². The number of nitrogens with two attached hydrogens (primary N) is 1. The molecule has 0 radical (unpaired) electrons. The van der Waals surface area contributed by atoms with Gasteiger partial charge in [0.15, 0.2) is 6.54 Å². The topological polar surface area (TPSA) is 71.5 Å². The standard InChI is InChI=1S/C30H29N5/c1-2-15-35-20-24(18-33-35)27-17-23-16-26(21-7-4-3-5-8-21)29(34-28(23)19-32-27)22-9-11-25(12-10-22)30(31)13-6-14-30/h3-5,7-12,16-20H,2,6,13-15,31H2,1H3/p+1. The Balaban J connectivity index is 1.46. The highest BCUT2D eigenvalue weighted by molar-refractivity contribution is 5.92. The van der Waals surface area contributed by atoms with E-state index in [2.05, 4.69) is 83.6 Å². The Labute approximate surface area is 205 Å². The number of benzene rings is 2. The lowest BCUT2D eigenvalue weighted by Crippen LogP contribution is -2.43. The normalized spacial score (nSPS) is 14.7. The molecule has 2 aromatic carbocycles. The van der Waals surface area contributed by atoms with Crippen LogP contribution in [0.1, 0.15) is 38.2 Å². The molecular formula is C30H30N5+. The van der Waals surface area contributed by atoms with Gasteiger partial charge >= 0.3 is 0 Å². The van der Waals surface area contributed by atoms with E-state index < -0.39 is 0 Å². The first-order valence-corrected chi connectivity index (χ1v) is 12.5. The molecule has 0 amide bonds. The fraction of sp³-hybridized carbons (Fsp3) is 0.233. The van der Waals surface area contributed by atoms with Crippen molar-refractivity contribution in [1.29, 1.82) is 0 Å². The van der Waals surface area contributed by atoms with Gasteiger partial charge in [-0.3, -0.25) is 4.98 Å². The summed E-state index contributed by atoms with van der Waals surface area (Å²) in [6.07, 6.45) is 10.4. The summed E-state index contributed by atoms with van der Waals surface area (Å²) in [6.45, 7) is 3.13. The first-order valence-electron chi connectivity index (χ1n) is 12.5. The Kier molecular flexibility index (Phi) is 5.42. The lowest BCUT2D eigenvalue weighted by Gasteiger charge is -2.38. The maximum absolute atomic E-state index is 6.56. The molecule has 3 N–H and O–H groups in total. The molecule has 0 bridgehead atoms. The van der Waals surface area contributed by atoms with E-state index in [0.717, 1.165) is 70.4 Å². The number of hydrogen-bond acceptors (Lipinski definition) is 3. The van der Waals surface area contributed by atoms with E-state index in [1.54, 1.807) is 0 Å². The predicted molar refractivity (Wildman–Crippen MR) is 140 cm³/mol. The monoisotopic (exact) mass is 460 g/mol. The van der Waals surface area contributed by atoms with Crippen molar-refractivity contribution < 1.29 is 4.68 Å². The number of rotatable bonds is 6. The minimum atomic E-state index is -0.161. The summed E-state index contributed by atoms with van der Waals surface area (Å²) < 4.78 is 2.09. The predicted octanol–water partition coefficient (Wildman–Crippen LogP) is 5.99. The number of hydrogen-bond donors (Lipinski definition) is 2. The molecule has 0 spiro atoms. The third-order valence-electron chi connectivity index (χ3n) is 7.21. The molecule has 0 saturated heterocycles. The van der Waals surface area contributed by atoms with Gasteiger partial charge in [-0.1, -0.05) is 61.5 Å². The van der Waals surface area contributed by atoms with Crippen LogP contribution in [0.2, 0.25) is 0 Å². The van der Waals surface area contributed by atoms with Gasteiger partial charge in [0.2, 0.25) is 6.20 Å². The largest absolute Gasteiger partial charge is 0.321 e. The highest BCUT2D eigenvalue weighted by Crippen LogP contribution is 2.40. The van der Waals surface area contributed by atoms with E-state index in [9.17, 15) is 0 Å². The van der Waals surface area contributed by atoms with E-state index in [1.165, 1.54) is 12.0 Å². The summed E-state index contributed by atoms with van der Waals surface area (Å²) in [5.74, 6) is 0. The highest BCUT2D eigenvalue weighted by Gasteiger charge is 2.34. The smallest absolute Gasteiger partial charge is 0.204 e. The minimum Gasteiger partial charge on any atom is -0.321 e. The fourth-order valence-electron chi connectivity index (χ4n) is 5.00. The SMILES string of the molecule is CCC[n+]1cc(-c2cc3cc(-c4ccccc4)c(-c4ccc(C5(N)CCC5)cc4)nc3cn2)c[nH]1. The lowest BCUT2D eigenvalue weighted by atomic mass is 9.72. The quantitative estimate of drug-likeness (QED) is 0.306. The van der Waals surface area contributed by atoms with Crippen molar-refractivity contribution >= 4 is 10.9 Å². The number of nitrogens with one attached hydrogen (secondary N) is 1. The Morgan fingerprint density at radius 1 is 0.971 bits per heavy atom. The van der Waals surface area contributed by atoms with Gasteiger partial charge in [-0.15, -0.1) is 4.68 Å². The van der Waals surface area contributed by atoms with Crippen LogP contribution in [0.3, 0.4) is 0 Å². The van der Waals surface area contributed by atoms with Crippen LogP contribution in [-0.4, -0.2) is 15.1 Å². The third-order valence-corrected chi connectivity index (χ3v) is 7.21. The van der Waals surface area contributed by atoms with Gasteiger partial charge in [0, 0.05) is 28.5 Å². The van der Waals surface area contributed by atoms with Gasteiger partial charge in [-0.25, -0.2) is 4.98 Å². The zero-order valence-corrected chi connectivity index (χ0v) is 20.0. The molecule has 174 valence electrons. The third kappa shape index (κ3) is 4.02. The molecule has 35 heavy (non-hydrogen) atoms. The first kappa shape index (κ1) is 21.7. The van der Waals surface area contributed by atoms with Gasteiger partial charge in [0.05, 0.1) is 34.9 Å². The van der Waals surface area contributed by atoms with Crippen molar-refractivity contribution in [3.63, 3.8) is 0 Å². The van der Waals surface area contributed by atoms with E-state index >= 15 is 0 Å². The molecule has 1 aliphatic carbocycles. The van der Waals surface area contributed by atoms with Crippen molar-refractivity contribution in [1.82, 2.24) is 15.1 Å². The molecule has 0 unspecified atom stereocenters. The molecule has 1 aliphatic rings. The van der Waals surface area contributed by atoms with E-state index in [4.69, 9.17) is 15.7 Å². The Morgan fingerprint density at radius 2 is 1.77 bits per heavy atom. The number of aromatic nitrogens is 4. The number of aromatic amines is 1. The van der Waals surface area contributed by atoms with Gasteiger partial charge in [-0.2, -0.15) is 5.10 Å².